The summed E-state index contributed by atoms with van der Waals surface area (Å²) in [6.07, 6.45) is 2.45. The van der Waals surface area contributed by atoms with Gasteiger partial charge in [0, 0.05) is 5.57 Å². The molecule has 64 valence electrons. The van der Waals surface area contributed by atoms with Gasteiger partial charge >= 0.3 is 5.97 Å². The van der Waals surface area contributed by atoms with Gasteiger partial charge in [-0.2, -0.15) is 0 Å². The lowest BCUT2D eigenvalue weighted by Gasteiger charge is -2.02. The molecule has 0 saturated carbocycles. The number of nitrogens with two attached hydrogens (primary N) is 1. The highest BCUT2D eigenvalue weighted by Crippen LogP contribution is 1.95. The van der Waals surface area contributed by atoms with Crippen molar-refractivity contribution in [3.8, 4) is 0 Å². The van der Waals surface area contributed by atoms with Crippen LogP contribution in [0.15, 0.2) is 11.6 Å². The number of ether oxygens (including phenoxy) is 1. The molecule has 0 spiro atoms. The van der Waals surface area contributed by atoms with Crippen LogP contribution < -0.4 is 5.73 Å². The Balaban J connectivity index is 3.53. The second-order valence-corrected chi connectivity index (χ2v) is 2.25. The lowest BCUT2D eigenvalue weighted by Crippen LogP contribution is -2.10. The molecule has 0 aromatic heterocycles. The monoisotopic (exact) mass is 157 g/mol. The van der Waals surface area contributed by atoms with E-state index in [-0.39, 0.29) is 5.97 Å². The van der Waals surface area contributed by atoms with Crippen molar-refractivity contribution < 1.29 is 9.53 Å². The Kier molecular flexibility index (Phi) is 5.47. The second-order valence-electron chi connectivity index (χ2n) is 2.25. The van der Waals surface area contributed by atoms with Crippen LogP contribution in [0.2, 0.25) is 0 Å². The third-order valence-electron chi connectivity index (χ3n) is 1.34. The summed E-state index contributed by atoms with van der Waals surface area (Å²) in [4.78, 5) is 10.9. The fraction of sp³-hybridized carbons (Fsp3) is 0.625. The van der Waals surface area contributed by atoms with Gasteiger partial charge in [-0.3, -0.25) is 0 Å². The zero-order chi connectivity index (χ0) is 8.69. The van der Waals surface area contributed by atoms with E-state index < -0.39 is 0 Å². The Morgan fingerprint density at radius 3 is 2.73 bits per heavy atom. The molecule has 0 aromatic carbocycles. The van der Waals surface area contributed by atoms with Gasteiger partial charge in [0.1, 0.15) is 0 Å². The summed E-state index contributed by atoms with van der Waals surface area (Å²) < 4.78 is 4.85. The van der Waals surface area contributed by atoms with E-state index in [0.717, 1.165) is 6.42 Å². The van der Waals surface area contributed by atoms with Gasteiger partial charge in [0.15, 0.2) is 0 Å². The van der Waals surface area contributed by atoms with Gasteiger partial charge in [-0.1, -0.05) is 6.08 Å². The molecule has 0 aromatic rings. The molecule has 0 aliphatic carbocycles. The van der Waals surface area contributed by atoms with Crippen LogP contribution in [-0.2, 0) is 9.53 Å². The van der Waals surface area contributed by atoms with Gasteiger partial charge in [-0.15, -0.1) is 0 Å². The molecule has 0 saturated heterocycles. The van der Waals surface area contributed by atoms with Crippen molar-refractivity contribution in [2.75, 3.05) is 13.2 Å². The van der Waals surface area contributed by atoms with Gasteiger partial charge in [0.05, 0.1) is 6.61 Å². The Bertz CT molecular complexity index is 152. The molecule has 0 radical (unpaired) electrons. The predicted octanol–water partition coefficient (Wildman–Crippen LogP) is 0.845. The molecule has 0 rings (SSSR count). The Morgan fingerprint density at radius 1 is 1.64 bits per heavy atom. The molecule has 2 N–H and O–H groups in total. The number of rotatable bonds is 4. The van der Waals surface area contributed by atoms with Gasteiger partial charge < -0.3 is 10.5 Å². The molecular weight excluding hydrogens is 142 g/mol. The number of allylic oxidation sites excluding steroid dienone is 1. The molecule has 0 atom stereocenters. The van der Waals surface area contributed by atoms with Gasteiger partial charge in [0.2, 0.25) is 0 Å². The molecule has 0 unspecified atom stereocenters. The van der Waals surface area contributed by atoms with Crippen molar-refractivity contribution >= 4 is 5.97 Å². The van der Waals surface area contributed by atoms with Crippen LogP contribution in [0.4, 0.5) is 0 Å². The van der Waals surface area contributed by atoms with Crippen molar-refractivity contribution in [2.45, 2.75) is 20.3 Å². The molecule has 3 nitrogen and oxygen atoms in total. The Labute approximate surface area is 67.2 Å². The highest BCUT2D eigenvalue weighted by Gasteiger charge is 2.02. The van der Waals surface area contributed by atoms with E-state index in [1.165, 1.54) is 0 Å². The molecular formula is C8H15NO2. The van der Waals surface area contributed by atoms with Gasteiger partial charge in [0.25, 0.3) is 0 Å². The van der Waals surface area contributed by atoms with Crippen molar-refractivity contribution in [3.63, 3.8) is 0 Å². The minimum atomic E-state index is -0.249. The number of esters is 1. The molecule has 3 heteroatoms. The maximum Gasteiger partial charge on any atom is 0.333 e. The topological polar surface area (TPSA) is 52.3 Å². The first-order valence-electron chi connectivity index (χ1n) is 3.72. The number of hydrogen-bond acceptors (Lipinski definition) is 3. The first-order chi connectivity index (χ1) is 5.22. The highest BCUT2D eigenvalue weighted by atomic mass is 16.5. The van der Waals surface area contributed by atoms with Crippen molar-refractivity contribution in [2.24, 2.45) is 5.73 Å². The number of carbonyl (C=O) groups excluding carboxylic acids is 1. The normalized spacial score (nSPS) is 11.4. The van der Waals surface area contributed by atoms with E-state index in [9.17, 15) is 4.79 Å². The second kappa shape index (κ2) is 5.92. The van der Waals surface area contributed by atoms with E-state index in [0.29, 0.717) is 18.7 Å². The molecule has 0 amide bonds. The molecule has 0 heterocycles. The summed E-state index contributed by atoms with van der Waals surface area (Å²) in [5, 5.41) is 0. The quantitative estimate of drug-likeness (QED) is 0.374. The van der Waals surface area contributed by atoms with Crippen molar-refractivity contribution in [1.82, 2.24) is 0 Å². The average molecular weight is 157 g/mol. The van der Waals surface area contributed by atoms with Gasteiger partial charge in [-0.25, -0.2) is 4.79 Å². The molecule has 0 aliphatic rings. The van der Waals surface area contributed by atoms with Crippen LogP contribution in [0.3, 0.4) is 0 Å². The molecule has 11 heavy (non-hydrogen) atoms. The summed E-state index contributed by atoms with van der Waals surface area (Å²) in [5.74, 6) is -0.249. The van der Waals surface area contributed by atoms with Crippen LogP contribution in [0.25, 0.3) is 0 Å². The highest BCUT2D eigenvalue weighted by molar-refractivity contribution is 5.87. The largest absolute Gasteiger partial charge is 0.462 e. The lowest BCUT2D eigenvalue weighted by atomic mass is 10.3. The molecule has 0 aliphatic heterocycles. The third-order valence-corrected chi connectivity index (χ3v) is 1.34. The number of carbonyl (C=O) groups is 1. The van der Waals surface area contributed by atoms with E-state index in [1.807, 2.05) is 0 Å². The summed E-state index contributed by atoms with van der Waals surface area (Å²) in [6, 6.07) is 0. The third kappa shape index (κ3) is 4.56. The van der Waals surface area contributed by atoms with Crippen molar-refractivity contribution in [3.05, 3.63) is 11.6 Å². The van der Waals surface area contributed by atoms with E-state index >= 15 is 0 Å². The Morgan fingerprint density at radius 2 is 2.27 bits per heavy atom. The van der Waals surface area contributed by atoms with Crippen LogP contribution >= 0.6 is 0 Å². The summed E-state index contributed by atoms with van der Waals surface area (Å²) in [7, 11) is 0. The first-order valence-corrected chi connectivity index (χ1v) is 3.72. The molecule has 0 fully saturated rings. The lowest BCUT2D eigenvalue weighted by molar-refractivity contribution is -0.139. The maximum atomic E-state index is 10.9. The number of hydrogen-bond donors (Lipinski definition) is 1. The maximum absolute atomic E-state index is 10.9. The zero-order valence-electron chi connectivity index (χ0n) is 7.09. The SMILES string of the molecule is CC=C(C)C(=O)OCCCN. The van der Waals surface area contributed by atoms with E-state index in [1.54, 1.807) is 19.9 Å². The summed E-state index contributed by atoms with van der Waals surface area (Å²) in [6.45, 7) is 4.51. The van der Waals surface area contributed by atoms with E-state index in [2.05, 4.69) is 0 Å². The zero-order valence-corrected chi connectivity index (χ0v) is 7.09. The van der Waals surface area contributed by atoms with Crippen LogP contribution in [0, 0.1) is 0 Å². The first kappa shape index (κ1) is 10.2. The van der Waals surface area contributed by atoms with Crippen LogP contribution in [0.1, 0.15) is 20.3 Å². The Hall–Kier alpha value is -0.830. The summed E-state index contributed by atoms with van der Waals surface area (Å²) >= 11 is 0. The average Bonchev–Trinajstić information content (AvgIpc) is 2.03. The van der Waals surface area contributed by atoms with E-state index in [4.69, 9.17) is 10.5 Å². The fourth-order valence-electron chi connectivity index (χ4n) is 0.480. The van der Waals surface area contributed by atoms with Crippen molar-refractivity contribution in [1.29, 1.82) is 0 Å². The molecule has 0 bridgehead atoms. The van der Waals surface area contributed by atoms with Crippen LogP contribution in [-0.4, -0.2) is 19.1 Å². The predicted molar refractivity (Wildman–Crippen MR) is 44.1 cm³/mol. The summed E-state index contributed by atoms with van der Waals surface area (Å²) in [5.41, 5.74) is 5.86. The minimum absolute atomic E-state index is 0.249. The smallest absolute Gasteiger partial charge is 0.333 e. The standard InChI is InChI=1S/C8H15NO2/c1-3-7(2)8(10)11-6-4-5-9/h3H,4-6,9H2,1-2H3. The van der Waals surface area contributed by atoms with Gasteiger partial charge in [-0.05, 0) is 26.8 Å². The van der Waals surface area contributed by atoms with Crippen LogP contribution in [0.5, 0.6) is 0 Å². The minimum Gasteiger partial charge on any atom is -0.462 e. The fourth-order valence-corrected chi connectivity index (χ4v) is 0.480.